The minimum absolute atomic E-state index is 0.0453. The number of hydrogen-bond acceptors (Lipinski definition) is 3. The first kappa shape index (κ1) is 15.0. The average Bonchev–Trinajstić information content (AvgIpc) is 2.26. The summed E-state index contributed by atoms with van der Waals surface area (Å²) in [5, 5.41) is 0. The van der Waals surface area contributed by atoms with Crippen LogP contribution in [0.25, 0.3) is 0 Å². The molecule has 0 saturated carbocycles. The van der Waals surface area contributed by atoms with Crippen LogP contribution in [-0.4, -0.2) is 26.5 Å². The largest absolute Gasteiger partial charge is 0.240 e. The lowest BCUT2D eigenvalue weighted by atomic mass is 10.3. The maximum atomic E-state index is 12.0. The van der Waals surface area contributed by atoms with Crippen LogP contribution in [0.5, 0.6) is 0 Å². The van der Waals surface area contributed by atoms with E-state index in [0.29, 0.717) is 4.90 Å². The lowest BCUT2D eigenvalue weighted by molar-refractivity contribution is 0.557. The monoisotopic (exact) mass is 337 g/mol. The van der Waals surface area contributed by atoms with Crippen molar-refractivity contribution < 1.29 is 8.42 Å². The first-order valence-corrected chi connectivity index (χ1v) is 8.89. The molecule has 1 N–H and O–H groups in total. The first-order chi connectivity index (χ1) is 7.95. The van der Waals surface area contributed by atoms with Gasteiger partial charge in [0.25, 0.3) is 0 Å². The number of sulfonamides is 1. The standard InChI is InChI=1S/C11H16BrNO2S2/c1-9(7-8-16-2)13-17(14,15)11-5-3-10(12)4-6-11/h3-6,9,13H,7-8H2,1-2H3. The molecule has 1 aromatic carbocycles. The fraction of sp³-hybridized carbons (Fsp3) is 0.455. The zero-order chi connectivity index (χ0) is 12.9. The molecule has 0 bridgehead atoms. The highest BCUT2D eigenvalue weighted by molar-refractivity contribution is 9.10. The van der Waals surface area contributed by atoms with Crippen molar-refractivity contribution in [2.45, 2.75) is 24.3 Å². The van der Waals surface area contributed by atoms with Crippen LogP contribution >= 0.6 is 27.7 Å². The van der Waals surface area contributed by atoms with Crippen molar-refractivity contribution in [3.05, 3.63) is 28.7 Å². The zero-order valence-corrected chi connectivity index (χ0v) is 13.0. The Morgan fingerprint density at radius 3 is 2.47 bits per heavy atom. The Balaban J connectivity index is 2.71. The van der Waals surface area contributed by atoms with E-state index in [1.54, 1.807) is 36.0 Å². The molecule has 0 aliphatic rings. The molecule has 0 aliphatic carbocycles. The highest BCUT2D eigenvalue weighted by Crippen LogP contribution is 2.15. The maximum Gasteiger partial charge on any atom is 0.240 e. The van der Waals surface area contributed by atoms with E-state index >= 15 is 0 Å². The van der Waals surface area contributed by atoms with Crippen molar-refractivity contribution in [3.63, 3.8) is 0 Å². The van der Waals surface area contributed by atoms with Gasteiger partial charge in [0.05, 0.1) is 4.90 Å². The van der Waals surface area contributed by atoms with Gasteiger partial charge in [-0.25, -0.2) is 13.1 Å². The summed E-state index contributed by atoms with van der Waals surface area (Å²) in [6.45, 7) is 1.88. The zero-order valence-electron chi connectivity index (χ0n) is 9.81. The summed E-state index contributed by atoms with van der Waals surface area (Å²) >= 11 is 4.99. The Kier molecular flexibility index (Phi) is 5.99. The van der Waals surface area contributed by atoms with E-state index in [9.17, 15) is 8.42 Å². The van der Waals surface area contributed by atoms with Gasteiger partial charge in [-0.05, 0) is 49.6 Å². The van der Waals surface area contributed by atoms with Gasteiger partial charge in [0, 0.05) is 10.5 Å². The first-order valence-electron chi connectivity index (χ1n) is 5.22. The molecule has 0 aromatic heterocycles. The topological polar surface area (TPSA) is 46.2 Å². The maximum absolute atomic E-state index is 12.0. The summed E-state index contributed by atoms with van der Waals surface area (Å²) in [6.07, 6.45) is 2.84. The van der Waals surface area contributed by atoms with Gasteiger partial charge < -0.3 is 0 Å². The van der Waals surface area contributed by atoms with E-state index in [0.717, 1.165) is 16.6 Å². The highest BCUT2D eigenvalue weighted by Gasteiger charge is 2.16. The molecule has 0 aliphatic heterocycles. The Morgan fingerprint density at radius 1 is 1.35 bits per heavy atom. The van der Waals surface area contributed by atoms with Gasteiger partial charge in [0.2, 0.25) is 10.0 Å². The fourth-order valence-corrected chi connectivity index (χ4v) is 3.43. The lowest BCUT2D eigenvalue weighted by Crippen LogP contribution is -2.32. The van der Waals surface area contributed by atoms with Gasteiger partial charge in [0.15, 0.2) is 0 Å². The van der Waals surface area contributed by atoms with Crippen molar-refractivity contribution in [1.29, 1.82) is 0 Å². The molecule has 0 heterocycles. The molecule has 0 radical (unpaired) electrons. The van der Waals surface area contributed by atoms with Crippen molar-refractivity contribution in [1.82, 2.24) is 4.72 Å². The molecule has 6 heteroatoms. The van der Waals surface area contributed by atoms with Crippen LogP contribution < -0.4 is 4.72 Å². The predicted octanol–water partition coefficient (Wildman–Crippen LogP) is 2.87. The molecular weight excluding hydrogens is 322 g/mol. The number of benzene rings is 1. The van der Waals surface area contributed by atoms with Gasteiger partial charge in [-0.15, -0.1) is 0 Å². The van der Waals surface area contributed by atoms with Gasteiger partial charge in [0.1, 0.15) is 0 Å². The lowest BCUT2D eigenvalue weighted by Gasteiger charge is -2.13. The van der Waals surface area contributed by atoms with Gasteiger partial charge in [-0.3, -0.25) is 0 Å². The van der Waals surface area contributed by atoms with Crippen LogP contribution in [0.2, 0.25) is 0 Å². The molecule has 1 atom stereocenters. The van der Waals surface area contributed by atoms with Crippen molar-refractivity contribution in [2.24, 2.45) is 0 Å². The fourth-order valence-electron chi connectivity index (χ4n) is 1.30. The molecule has 1 aromatic rings. The van der Waals surface area contributed by atoms with Crippen LogP contribution in [0.15, 0.2) is 33.6 Å². The summed E-state index contributed by atoms with van der Waals surface area (Å²) in [4.78, 5) is 0.303. The van der Waals surface area contributed by atoms with Crippen LogP contribution in [0.4, 0.5) is 0 Å². The third-order valence-corrected chi connectivity index (χ3v) is 5.01. The number of thioether (sulfide) groups is 1. The number of hydrogen-bond donors (Lipinski definition) is 1. The molecule has 0 fully saturated rings. The van der Waals surface area contributed by atoms with E-state index in [-0.39, 0.29) is 6.04 Å². The summed E-state index contributed by atoms with van der Waals surface area (Å²) in [5.41, 5.74) is 0. The van der Waals surface area contributed by atoms with Crippen LogP contribution in [0, 0.1) is 0 Å². The second kappa shape index (κ2) is 6.78. The third kappa shape index (κ3) is 4.99. The Hall–Kier alpha value is -0.0400. The van der Waals surface area contributed by atoms with E-state index in [2.05, 4.69) is 20.7 Å². The van der Waals surface area contributed by atoms with Crippen molar-refractivity contribution >= 4 is 37.7 Å². The van der Waals surface area contributed by atoms with Crippen molar-refractivity contribution in [2.75, 3.05) is 12.0 Å². The molecule has 0 amide bonds. The second-order valence-corrected chi connectivity index (χ2v) is 7.37. The molecular formula is C11H16BrNO2S2. The minimum atomic E-state index is -3.39. The van der Waals surface area contributed by atoms with Gasteiger partial charge in [-0.1, -0.05) is 15.9 Å². The molecule has 3 nitrogen and oxygen atoms in total. The van der Waals surface area contributed by atoms with Gasteiger partial charge in [-0.2, -0.15) is 11.8 Å². The number of halogens is 1. The summed E-state index contributed by atoms with van der Waals surface area (Å²) < 4.78 is 27.5. The molecule has 96 valence electrons. The normalized spacial score (nSPS) is 13.6. The van der Waals surface area contributed by atoms with Crippen LogP contribution in [-0.2, 0) is 10.0 Å². The van der Waals surface area contributed by atoms with Crippen molar-refractivity contribution in [3.8, 4) is 0 Å². The van der Waals surface area contributed by atoms with E-state index in [1.165, 1.54) is 0 Å². The average molecular weight is 338 g/mol. The summed E-state index contributed by atoms with van der Waals surface area (Å²) in [6, 6.07) is 6.58. The molecule has 1 rings (SSSR count). The highest BCUT2D eigenvalue weighted by atomic mass is 79.9. The molecule has 0 saturated heterocycles. The second-order valence-electron chi connectivity index (χ2n) is 3.76. The minimum Gasteiger partial charge on any atom is -0.208 e. The van der Waals surface area contributed by atoms with Gasteiger partial charge >= 0.3 is 0 Å². The smallest absolute Gasteiger partial charge is 0.208 e. The SMILES string of the molecule is CSCCC(C)NS(=O)(=O)c1ccc(Br)cc1. The van der Waals surface area contributed by atoms with E-state index in [4.69, 9.17) is 0 Å². The Labute approximate surface area is 116 Å². The summed E-state index contributed by atoms with van der Waals surface area (Å²) in [5.74, 6) is 0.948. The third-order valence-electron chi connectivity index (χ3n) is 2.24. The Bertz CT molecular complexity index is 445. The number of nitrogens with one attached hydrogen (secondary N) is 1. The Morgan fingerprint density at radius 2 is 1.94 bits per heavy atom. The molecule has 17 heavy (non-hydrogen) atoms. The van der Waals surface area contributed by atoms with Crippen LogP contribution in [0.1, 0.15) is 13.3 Å². The van der Waals surface area contributed by atoms with E-state index < -0.39 is 10.0 Å². The molecule has 1 unspecified atom stereocenters. The van der Waals surface area contributed by atoms with E-state index in [1.807, 2.05) is 13.2 Å². The predicted molar refractivity (Wildman–Crippen MR) is 76.9 cm³/mol. The molecule has 0 spiro atoms. The quantitative estimate of drug-likeness (QED) is 0.868. The number of rotatable bonds is 6. The summed E-state index contributed by atoms with van der Waals surface area (Å²) in [7, 11) is -3.39. The van der Waals surface area contributed by atoms with Crippen LogP contribution in [0.3, 0.4) is 0 Å².